The first-order valence-corrected chi connectivity index (χ1v) is 5.85. The predicted octanol–water partition coefficient (Wildman–Crippen LogP) is 2.14. The van der Waals surface area contributed by atoms with Gasteiger partial charge in [0, 0.05) is 22.3 Å². The van der Waals surface area contributed by atoms with Crippen molar-refractivity contribution in [1.82, 2.24) is 0 Å². The van der Waals surface area contributed by atoms with Gasteiger partial charge in [-0.25, -0.2) is 0 Å². The fourth-order valence-electron chi connectivity index (χ4n) is 0.968. The highest BCUT2D eigenvalue weighted by Gasteiger charge is 2.11. The van der Waals surface area contributed by atoms with E-state index in [0.29, 0.717) is 16.5 Å². The summed E-state index contributed by atoms with van der Waals surface area (Å²) < 4.78 is 0. The van der Waals surface area contributed by atoms with Gasteiger partial charge < -0.3 is 11.5 Å². The van der Waals surface area contributed by atoms with Crippen molar-refractivity contribution >= 4 is 35.0 Å². The zero-order valence-electron chi connectivity index (χ0n) is 8.37. The molecular weight excluding hydrogens is 232 g/mol. The van der Waals surface area contributed by atoms with Crippen molar-refractivity contribution in [2.24, 2.45) is 11.7 Å². The van der Waals surface area contributed by atoms with Gasteiger partial charge in [0.1, 0.15) is 0 Å². The first kappa shape index (κ1) is 12.2. The SMILES string of the molecule is CC(CSc1c(N)cccc1Cl)C(N)=O. The van der Waals surface area contributed by atoms with Crippen LogP contribution in [0.15, 0.2) is 23.1 Å². The second kappa shape index (κ2) is 5.28. The van der Waals surface area contributed by atoms with Crippen molar-refractivity contribution in [3.8, 4) is 0 Å². The van der Waals surface area contributed by atoms with Crippen LogP contribution >= 0.6 is 23.4 Å². The number of primary amides is 1. The molecule has 0 saturated carbocycles. The van der Waals surface area contributed by atoms with Crippen LogP contribution in [0, 0.1) is 5.92 Å². The number of hydrogen-bond acceptors (Lipinski definition) is 3. The molecule has 1 amide bonds. The number of hydrogen-bond donors (Lipinski definition) is 2. The van der Waals surface area contributed by atoms with Crippen LogP contribution < -0.4 is 11.5 Å². The molecule has 1 aromatic carbocycles. The minimum Gasteiger partial charge on any atom is -0.398 e. The second-order valence-corrected chi connectivity index (χ2v) is 4.71. The lowest BCUT2D eigenvalue weighted by Gasteiger charge is -2.09. The molecule has 0 fully saturated rings. The molecule has 0 bridgehead atoms. The van der Waals surface area contributed by atoms with Crippen molar-refractivity contribution in [3.63, 3.8) is 0 Å². The summed E-state index contributed by atoms with van der Waals surface area (Å²) in [5.41, 5.74) is 11.6. The molecule has 5 heteroatoms. The molecule has 15 heavy (non-hydrogen) atoms. The minimum absolute atomic E-state index is 0.189. The molecule has 4 N–H and O–H groups in total. The number of benzene rings is 1. The highest BCUT2D eigenvalue weighted by atomic mass is 35.5. The number of nitrogen functional groups attached to an aromatic ring is 1. The standard InChI is InChI=1S/C10H13ClN2OS/c1-6(10(13)14)5-15-9-7(11)3-2-4-8(9)12/h2-4,6H,5,12H2,1H3,(H2,13,14). The van der Waals surface area contributed by atoms with Gasteiger partial charge in [0.25, 0.3) is 0 Å². The number of halogens is 1. The maximum Gasteiger partial charge on any atom is 0.221 e. The van der Waals surface area contributed by atoms with Gasteiger partial charge in [0.05, 0.1) is 5.02 Å². The summed E-state index contributed by atoms with van der Waals surface area (Å²) in [5, 5.41) is 0.608. The van der Waals surface area contributed by atoms with Crippen molar-refractivity contribution in [2.75, 3.05) is 11.5 Å². The quantitative estimate of drug-likeness (QED) is 0.630. The van der Waals surface area contributed by atoms with Gasteiger partial charge in [-0.2, -0.15) is 0 Å². The highest BCUT2D eigenvalue weighted by Crippen LogP contribution is 2.33. The van der Waals surface area contributed by atoms with E-state index in [0.717, 1.165) is 4.90 Å². The first-order chi connectivity index (χ1) is 7.02. The van der Waals surface area contributed by atoms with Crippen LogP contribution in [0.25, 0.3) is 0 Å². The molecule has 0 aliphatic carbocycles. The molecule has 0 spiro atoms. The van der Waals surface area contributed by atoms with E-state index in [-0.39, 0.29) is 11.8 Å². The summed E-state index contributed by atoms with van der Waals surface area (Å²) in [7, 11) is 0. The summed E-state index contributed by atoms with van der Waals surface area (Å²) in [6.07, 6.45) is 0. The van der Waals surface area contributed by atoms with Gasteiger partial charge in [-0.1, -0.05) is 24.6 Å². The second-order valence-electron chi connectivity index (χ2n) is 3.27. The lowest BCUT2D eigenvalue weighted by molar-refractivity contribution is -0.120. The van der Waals surface area contributed by atoms with Crippen LogP contribution in [-0.4, -0.2) is 11.7 Å². The zero-order valence-corrected chi connectivity index (χ0v) is 9.94. The third kappa shape index (κ3) is 3.32. The Labute approximate surface area is 98.2 Å². The molecule has 0 heterocycles. The van der Waals surface area contributed by atoms with Crippen LogP contribution in [-0.2, 0) is 4.79 Å². The van der Waals surface area contributed by atoms with E-state index in [1.54, 1.807) is 25.1 Å². The summed E-state index contributed by atoms with van der Waals surface area (Å²) in [6.45, 7) is 1.78. The zero-order chi connectivity index (χ0) is 11.4. The lowest BCUT2D eigenvalue weighted by atomic mass is 10.2. The number of rotatable bonds is 4. The third-order valence-electron chi connectivity index (χ3n) is 1.96. The Morgan fingerprint density at radius 3 is 2.80 bits per heavy atom. The molecule has 3 nitrogen and oxygen atoms in total. The number of nitrogens with two attached hydrogens (primary N) is 2. The Balaban J connectivity index is 2.69. The summed E-state index contributed by atoms with van der Waals surface area (Å²) in [5.74, 6) is 0.0855. The summed E-state index contributed by atoms with van der Waals surface area (Å²) in [6, 6.07) is 5.34. The first-order valence-electron chi connectivity index (χ1n) is 4.48. The average molecular weight is 245 g/mol. The Kier molecular flexibility index (Phi) is 4.29. The molecule has 82 valence electrons. The van der Waals surface area contributed by atoms with Gasteiger partial charge in [-0.15, -0.1) is 11.8 Å². The number of amides is 1. The number of carbonyl (C=O) groups excluding carboxylic acids is 1. The van der Waals surface area contributed by atoms with Crippen LogP contribution in [0.2, 0.25) is 5.02 Å². The Morgan fingerprint density at radius 2 is 2.27 bits per heavy atom. The van der Waals surface area contributed by atoms with Gasteiger partial charge in [0.15, 0.2) is 0 Å². The summed E-state index contributed by atoms with van der Waals surface area (Å²) >= 11 is 7.43. The molecule has 1 unspecified atom stereocenters. The maximum absolute atomic E-state index is 10.8. The topological polar surface area (TPSA) is 69.1 Å². The fraction of sp³-hybridized carbons (Fsp3) is 0.300. The molecule has 0 saturated heterocycles. The molecule has 0 aromatic heterocycles. The van der Waals surface area contributed by atoms with Crippen LogP contribution in [0.1, 0.15) is 6.92 Å². The van der Waals surface area contributed by atoms with E-state index >= 15 is 0 Å². The smallest absolute Gasteiger partial charge is 0.221 e. The molecule has 0 radical (unpaired) electrons. The van der Waals surface area contributed by atoms with E-state index in [1.807, 2.05) is 0 Å². The van der Waals surface area contributed by atoms with Gasteiger partial charge in [-0.05, 0) is 12.1 Å². The Morgan fingerprint density at radius 1 is 1.60 bits per heavy atom. The third-order valence-corrected chi connectivity index (χ3v) is 3.80. The molecule has 1 rings (SSSR count). The number of carbonyl (C=O) groups is 1. The van der Waals surface area contributed by atoms with E-state index in [4.69, 9.17) is 23.1 Å². The van der Waals surface area contributed by atoms with Crippen LogP contribution in [0.5, 0.6) is 0 Å². The predicted molar refractivity (Wildman–Crippen MR) is 64.9 cm³/mol. The molecule has 0 aliphatic rings. The summed E-state index contributed by atoms with van der Waals surface area (Å²) in [4.78, 5) is 11.6. The van der Waals surface area contributed by atoms with Crippen LogP contribution in [0.4, 0.5) is 5.69 Å². The van der Waals surface area contributed by atoms with Gasteiger partial charge in [0.2, 0.25) is 5.91 Å². The van der Waals surface area contributed by atoms with Crippen molar-refractivity contribution in [3.05, 3.63) is 23.2 Å². The number of thioether (sulfide) groups is 1. The van der Waals surface area contributed by atoms with Crippen molar-refractivity contribution in [1.29, 1.82) is 0 Å². The Bertz CT molecular complexity index is 350. The highest BCUT2D eigenvalue weighted by molar-refractivity contribution is 7.99. The lowest BCUT2D eigenvalue weighted by Crippen LogP contribution is -2.22. The normalized spacial score (nSPS) is 12.4. The minimum atomic E-state index is -0.312. The van der Waals surface area contributed by atoms with E-state index in [2.05, 4.69) is 0 Å². The van der Waals surface area contributed by atoms with Crippen molar-refractivity contribution < 1.29 is 4.79 Å². The maximum atomic E-state index is 10.8. The molecular formula is C10H13ClN2OS. The number of anilines is 1. The van der Waals surface area contributed by atoms with E-state index < -0.39 is 0 Å². The van der Waals surface area contributed by atoms with E-state index in [1.165, 1.54) is 11.8 Å². The monoisotopic (exact) mass is 244 g/mol. The van der Waals surface area contributed by atoms with Gasteiger partial charge in [-0.3, -0.25) is 4.79 Å². The fourth-order valence-corrected chi connectivity index (χ4v) is 2.34. The van der Waals surface area contributed by atoms with Crippen molar-refractivity contribution in [2.45, 2.75) is 11.8 Å². The van der Waals surface area contributed by atoms with Gasteiger partial charge >= 0.3 is 0 Å². The van der Waals surface area contributed by atoms with E-state index in [9.17, 15) is 4.79 Å². The largest absolute Gasteiger partial charge is 0.398 e. The van der Waals surface area contributed by atoms with Crippen LogP contribution in [0.3, 0.4) is 0 Å². The average Bonchev–Trinajstić information content (AvgIpc) is 2.16. The molecule has 0 aliphatic heterocycles. The molecule has 1 aromatic rings. The molecule has 1 atom stereocenters. The Hall–Kier alpha value is -0.870.